The van der Waals surface area contributed by atoms with Gasteiger partial charge in [-0.25, -0.2) is 0 Å². The van der Waals surface area contributed by atoms with E-state index in [1.165, 1.54) is 5.56 Å². The average molecular weight is 189 g/mol. The predicted octanol–water partition coefficient (Wildman–Crippen LogP) is 2.90. The molecule has 0 spiro atoms. The van der Waals surface area contributed by atoms with Gasteiger partial charge in [0.15, 0.2) is 0 Å². The van der Waals surface area contributed by atoms with Gasteiger partial charge >= 0.3 is 0 Å². The molecule has 74 valence electrons. The van der Waals surface area contributed by atoms with E-state index in [9.17, 15) is 4.79 Å². The molecule has 1 aromatic rings. The number of allylic oxidation sites excluding steroid dienone is 1. The summed E-state index contributed by atoms with van der Waals surface area (Å²) in [5.74, 6) is 0.0203. The molecule has 0 aromatic heterocycles. The first-order valence-electron chi connectivity index (χ1n) is 4.70. The second-order valence-corrected chi connectivity index (χ2v) is 3.19. The summed E-state index contributed by atoms with van der Waals surface area (Å²) in [5, 5.41) is 2.81. The molecule has 0 unspecified atom stereocenters. The zero-order valence-electron chi connectivity index (χ0n) is 8.58. The van der Waals surface area contributed by atoms with E-state index in [0.717, 1.165) is 5.69 Å². The van der Waals surface area contributed by atoms with Gasteiger partial charge in [-0.2, -0.15) is 0 Å². The molecule has 0 aliphatic heterocycles. The van der Waals surface area contributed by atoms with Crippen molar-refractivity contribution in [1.29, 1.82) is 0 Å². The SMILES string of the molecule is C/C=C/CC(=O)Nc1ccc(C)cc1. The van der Waals surface area contributed by atoms with Crippen LogP contribution in [0.2, 0.25) is 0 Å². The number of nitrogens with one attached hydrogen (secondary N) is 1. The van der Waals surface area contributed by atoms with Crippen molar-refractivity contribution in [2.75, 3.05) is 5.32 Å². The normalized spacial score (nSPS) is 10.4. The van der Waals surface area contributed by atoms with Crippen LogP contribution in [0.1, 0.15) is 18.9 Å². The van der Waals surface area contributed by atoms with Crippen LogP contribution in [0.4, 0.5) is 5.69 Å². The summed E-state index contributed by atoms with van der Waals surface area (Å²) in [6.07, 6.45) is 4.14. The summed E-state index contributed by atoms with van der Waals surface area (Å²) in [4.78, 5) is 11.3. The summed E-state index contributed by atoms with van der Waals surface area (Å²) in [7, 11) is 0. The average Bonchev–Trinajstić information content (AvgIpc) is 2.18. The third kappa shape index (κ3) is 3.44. The molecule has 1 amide bonds. The van der Waals surface area contributed by atoms with Crippen molar-refractivity contribution in [1.82, 2.24) is 0 Å². The van der Waals surface area contributed by atoms with Gasteiger partial charge in [-0.05, 0) is 26.0 Å². The van der Waals surface area contributed by atoms with Crippen molar-refractivity contribution in [2.24, 2.45) is 0 Å². The second-order valence-electron chi connectivity index (χ2n) is 3.19. The Bertz CT molecular complexity index is 325. The number of hydrogen-bond acceptors (Lipinski definition) is 1. The topological polar surface area (TPSA) is 29.1 Å². The van der Waals surface area contributed by atoms with Crippen molar-refractivity contribution < 1.29 is 4.79 Å². The number of amides is 1. The Morgan fingerprint density at radius 3 is 2.57 bits per heavy atom. The Hall–Kier alpha value is -1.57. The number of carbonyl (C=O) groups is 1. The second kappa shape index (κ2) is 5.22. The molecule has 0 bridgehead atoms. The van der Waals surface area contributed by atoms with Crippen molar-refractivity contribution in [3.63, 3.8) is 0 Å². The number of anilines is 1. The number of rotatable bonds is 3. The van der Waals surface area contributed by atoms with Gasteiger partial charge in [0, 0.05) is 12.1 Å². The van der Waals surface area contributed by atoms with Gasteiger partial charge in [-0.15, -0.1) is 0 Å². The van der Waals surface area contributed by atoms with Crippen LogP contribution in [0, 0.1) is 6.92 Å². The fraction of sp³-hybridized carbons (Fsp3) is 0.250. The summed E-state index contributed by atoms with van der Waals surface area (Å²) in [6, 6.07) is 7.77. The number of aryl methyl sites for hydroxylation is 1. The summed E-state index contributed by atoms with van der Waals surface area (Å²) in [6.45, 7) is 3.92. The lowest BCUT2D eigenvalue weighted by Gasteiger charge is -2.03. The number of hydrogen-bond donors (Lipinski definition) is 1. The third-order valence-electron chi connectivity index (χ3n) is 1.87. The van der Waals surface area contributed by atoms with Gasteiger partial charge in [-0.3, -0.25) is 4.79 Å². The van der Waals surface area contributed by atoms with Crippen LogP contribution in [0.25, 0.3) is 0 Å². The molecule has 1 aromatic carbocycles. The highest BCUT2D eigenvalue weighted by molar-refractivity contribution is 5.91. The molecule has 0 heterocycles. The van der Waals surface area contributed by atoms with Crippen LogP contribution in [0.3, 0.4) is 0 Å². The molecule has 1 rings (SSSR count). The van der Waals surface area contributed by atoms with Gasteiger partial charge in [-0.1, -0.05) is 29.8 Å². The van der Waals surface area contributed by atoms with Crippen molar-refractivity contribution in [3.8, 4) is 0 Å². The lowest BCUT2D eigenvalue weighted by molar-refractivity contribution is -0.115. The molecule has 2 heteroatoms. The van der Waals surface area contributed by atoms with E-state index >= 15 is 0 Å². The molecule has 0 saturated carbocycles. The van der Waals surface area contributed by atoms with Gasteiger partial charge in [0.1, 0.15) is 0 Å². The zero-order chi connectivity index (χ0) is 10.4. The first-order valence-corrected chi connectivity index (χ1v) is 4.70. The fourth-order valence-corrected chi connectivity index (χ4v) is 1.07. The summed E-state index contributed by atoms with van der Waals surface area (Å²) >= 11 is 0. The molecule has 0 aliphatic carbocycles. The lowest BCUT2D eigenvalue weighted by atomic mass is 10.2. The maximum absolute atomic E-state index is 11.3. The highest BCUT2D eigenvalue weighted by atomic mass is 16.1. The van der Waals surface area contributed by atoms with E-state index in [1.807, 2.05) is 50.3 Å². The maximum Gasteiger partial charge on any atom is 0.228 e. The van der Waals surface area contributed by atoms with Crippen molar-refractivity contribution in [2.45, 2.75) is 20.3 Å². The minimum atomic E-state index is 0.0203. The Morgan fingerprint density at radius 2 is 2.00 bits per heavy atom. The summed E-state index contributed by atoms with van der Waals surface area (Å²) in [5.41, 5.74) is 2.04. The van der Waals surface area contributed by atoms with E-state index in [-0.39, 0.29) is 5.91 Å². The third-order valence-corrected chi connectivity index (χ3v) is 1.87. The van der Waals surface area contributed by atoms with E-state index in [0.29, 0.717) is 6.42 Å². The smallest absolute Gasteiger partial charge is 0.228 e. The monoisotopic (exact) mass is 189 g/mol. The molecule has 2 nitrogen and oxygen atoms in total. The van der Waals surface area contributed by atoms with Crippen LogP contribution in [-0.4, -0.2) is 5.91 Å². The molecular formula is C12H15NO. The fourth-order valence-electron chi connectivity index (χ4n) is 1.07. The molecule has 1 N–H and O–H groups in total. The van der Waals surface area contributed by atoms with Crippen LogP contribution in [0.15, 0.2) is 36.4 Å². The molecule has 0 atom stereocenters. The zero-order valence-corrected chi connectivity index (χ0v) is 8.58. The highest BCUT2D eigenvalue weighted by Crippen LogP contribution is 2.08. The first kappa shape index (κ1) is 10.5. The van der Waals surface area contributed by atoms with Gasteiger partial charge in [0.2, 0.25) is 5.91 Å². The Labute approximate surface area is 84.6 Å². The van der Waals surface area contributed by atoms with Gasteiger partial charge in [0.25, 0.3) is 0 Å². The number of carbonyl (C=O) groups excluding carboxylic acids is 1. The maximum atomic E-state index is 11.3. The van der Waals surface area contributed by atoms with Gasteiger partial charge < -0.3 is 5.32 Å². The molecule has 0 saturated heterocycles. The molecule has 0 radical (unpaired) electrons. The minimum Gasteiger partial charge on any atom is -0.326 e. The van der Waals surface area contributed by atoms with E-state index < -0.39 is 0 Å². The molecule has 0 aliphatic rings. The van der Waals surface area contributed by atoms with Crippen LogP contribution in [-0.2, 0) is 4.79 Å². The Kier molecular flexibility index (Phi) is 3.92. The quantitative estimate of drug-likeness (QED) is 0.728. The number of benzene rings is 1. The van der Waals surface area contributed by atoms with Crippen LogP contribution in [0.5, 0.6) is 0 Å². The Morgan fingerprint density at radius 1 is 1.36 bits per heavy atom. The van der Waals surface area contributed by atoms with Crippen molar-refractivity contribution >= 4 is 11.6 Å². The lowest BCUT2D eigenvalue weighted by Crippen LogP contribution is -2.09. The summed E-state index contributed by atoms with van der Waals surface area (Å²) < 4.78 is 0. The van der Waals surface area contributed by atoms with Crippen LogP contribution >= 0.6 is 0 Å². The van der Waals surface area contributed by atoms with E-state index in [1.54, 1.807) is 0 Å². The predicted molar refractivity (Wildman–Crippen MR) is 59.2 cm³/mol. The van der Waals surface area contributed by atoms with Gasteiger partial charge in [0.05, 0.1) is 0 Å². The largest absolute Gasteiger partial charge is 0.326 e. The van der Waals surface area contributed by atoms with Crippen LogP contribution < -0.4 is 5.32 Å². The Balaban J connectivity index is 2.52. The standard InChI is InChI=1S/C12H15NO/c1-3-4-5-12(14)13-11-8-6-10(2)7-9-11/h3-4,6-9H,5H2,1-2H3,(H,13,14)/b4-3+. The minimum absolute atomic E-state index is 0.0203. The highest BCUT2D eigenvalue weighted by Gasteiger charge is 1.98. The molecule has 0 fully saturated rings. The van der Waals surface area contributed by atoms with Crippen molar-refractivity contribution in [3.05, 3.63) is 42.0 Å². The molecular weight excluding hydrogens is 174 g/mol. The molecule has 14 heavy (non-hydrogen) atoms. The first-order chi connectivity index (χ1) is 6.72. The van der Waals surface area contributed by atoms with E-state index in [4.69, 9.17) is 0 Å². The van der Waals surface area contributed by atoms with E-state index in [2.05, 4.69) is 5.32 Å².